The number of Topliss-reactive ketones (excluding diaryl/α,β-unsaturated/α-hetero) is 1. The van der Waals surface area contributed by atoms with Crippen LogP contribution >= 0.6 is 11.6 Å². The quantitative estimate of drug-likeness (QED) is 0.550. The first-order valence-corrected chi connectivity index (χ1v) is 9.31. The number of rotatable bonds is 5. The van der Waals surface area contributed by atoms with E-state index in [9.17, 15) is 22.8 Å². The molecule has 0 aliphatic heterocycles. The Balaban J connectivity index is 1.81. The fourth-order valence-corrected chi connectivity index (χ4v) is 2.98. The number of ketones is 1. The van der Waals surface area contributed by atoms with Gasteiger partial charge in [0, 0.05) is 17.7 Å². The number of benzene rings is 2. The summed E-state index contributed by atoms with van der Waals surface area (Å²) in [4.78, 5) is 32.6. The largest absolute Gasteiger partial charge is 0.416 e. The minimum Gasteiger partial charge on any atom is -0.382 e. The molecule has 0 saturated carbocycles. The number of nitrogens with zero attached hydrogens (tertiary/aromatic N) is 2. The maximum Gasteiger partial charge on any atom is 0.416 e. The van der Waals surface area contributed by atoms with E-state index in [-0.39, 0.29) is 34.1 Å². The molecule has 0 atom stereocenters. The molecule has 0 bridgehead atoms. The topological polar surface area (TPSA) is 98.0 Å². The van der Waals surface area contributed by atoms with E-state index in [1.807, 2.05) is 0 Å². The van der Waals surface area contributed by atoms with Crippen molar-refractivity contribution in [1.29, 1.82) is 0 Å². The smallest absolute Gasteiger partial charge is 0.382 e. The lowest BCUT2D eigenvalue weighted by Crippen LogP contribution is -2.17. The van der Waals surface area contributed by atoms with Gasteiger partial charge in [-0.3, -0.25) is 9.59 Å². The molecular weight excluding hydrogens is 433 g/mol. The number of amides is 1. The third-order valence-electron chi connectivity index (χ3n) is 4.46. The lowest BCUT2D eigenvalue weighted by atomic mass is 9.99. The van der Waals surface area contributed by atoms with Crippen LogP contribution in [0.2, 0.25) is 5.02 Å². The van der Waals surface area contributed by atoms with Crippen molar-refractivity contribution in [2.24, 2.45) is 0 Å². The number of alkyl halides is 3. The first-order chi connectivity index (χ1) is 14.6. The number of anilines is 2. The van der Waals surface area contributed by atoms with Gasteiger partial charge in [0.05, 0.1) is 5.56 Å². The molecule has 0 aliphatic rings. The van der Waals surface area contributed by atoms with Gasteiger partial charge >= 0.3 is 6.18 Å². The Morgan fingerprint density at radius 3 is 2.58 bits per heavy atom. The van der Waals surface area contributed by atoms with Crippen LogP contribution in [0.5, 0.6) is 0 Å². The molecule has 0 radical (unpaired) electrons. The van der Waals surface area contributed by atoms with E-state index >= 15 is 0 Å². The number of aromatic nitrogens is 2. The average Bonchev–Trinajstić information content (AvgIpc) is 2.71. The van der Waals surface area contributed by atoms with Crippen molar-refractivity contribution in [3.8, 4) is 0 Å². The molecule has 2 aromatic carbocycles. The van der Waals surface area contributed by atoms with E-state index in [0.717, 1.165) is 18.5 Å². The van der Waals surface area contributed by atoms with E-state index in [2.05, 4.69) is 15.3 Å². The number of nitrogen functional groups attached to an aromatic ring is 1. The van der Waals surface area contributed by atoms with E-state index in [4.69, 9.17) is 17.3 Å². The number of halogens is 4. The molecule has 1 aromatic heterocycles. The molecule has 0 fully saturated rings. The predicted molar refractivity (Wildman–Crippen MR) is 110 cm³/mol. The molecule has 1 heterocycles. The third kappa shape index (κ3) is 5.18. The molecular formula is C21H16ClF3N4O2. The summed E-state index contributed by atoms with van der Waals surface area (Å²) in [5.41, 5.74) is 6.07. The minimum absolute atomic E-state index is 0.0523. The standard InChI is InChI=1S/C21H16ClF3N4O2/c1-11-5-6-13(16(30)8-12-3-2-4-14(7-12)21(23,24)25)9-15(11)29-20(31)18-17(22)19(26)28-10-27-18/h2-7,9-10H,8H2,1H3,(H,29,31)(H2,26,27,28). The minimum atomic E-state index is -4.49. The van der Waals surface area contributed by atoms with Gasteiger partial charge in [-0.15, -0.1) is 0 Å². The summed E-state index contributed by atoms with van der Waals surface area (Å²) in [5, 5.41) is 2.51. The molecule has 10 heteroatoms. The van der Waals surface area contributed by atoms with Crippen molar-refractivity contribution in [1.82, 2.24) is 9.97 Å². The second-order valence-electron chi connectivity index (χ2n) is 6.70. The summed E-state index contributed by atoms with van der Waals surface area (Å²) >= 11 is 5.97. The number of hydrogen-bond donors (Lipinski definition) is 2. The molecule has 3 N–H and O–H groups in total. The van der Waals surface area contributed by atoms with Gasteiger partial charge in [0.1, 0.15) is 17.2 Å². The summed E-state index contributed by atoms with van der Waals surface area (Å²) < 4.78 is 38.7. The second kappa shape index (κ2) is 8.73. The Hall–Kier alpha value is -3.46. The highest BCUT2D eigenvalue weighted by atomic mass is 35.5. The zero-order valence-corrected chi connectivity index (χ0v) is 16.9. The maximum atomic E-state index is 12.9. The summed E-state index contributed by atoms with van der Waals surface area (Å²) in [7, 11) is 0. The highest BCUT2D eigenvalue weighted by molar-refractivity contribution is 6.36. The van der Waals surface area contributed by atoms with Gasteiger partial charge in [-0.05, 0) is 30.2 Å². The number of carbonyl (C=O) groups is 2. The first-order valence-electron chi connectivity index (χ1n) is 8.93. The predicted octanol–water partition coefficient (Wildman–Crippen LogP) is 4.72. The van der Waals surface area contributed by atoms with E-state index < -0.39 is 23.4 Å². The van der Waals surface area contributed by atoms with Crippen molar-refractivity contribution < 1.29 is 22.8 Å². The van der Waals surface area contributed by atoms with Crippen LogP contribution in [-0.4, -0.2) is 21.7 Å². The molecule has 0 aliphatic carbocycles. The molecule has 0 unspecified atom stereocenters. The van der Waals surface area contributed by atoms with Gasteiger partial charge in [0.25, 0.3) is 5.91 Å². The molecule has 0 spiro atoms. The zero-order valence-electron chi connectivity index (χ0n) is 16.1. The van der Waals surface area contributed by atoms with Crippen molar-refractivity contribution in [3.05, 3.63) is 81.8 Å². The van der Waals surface area contributed by atoms with Gasteiger partial charge < -0.3 is 11.1 Å². The van der Waals surface area contributed by atoms with Crippen molar-refractivity contribution >= 4 is 34.8 Å². The van der Waals surface area contributed by atoms with Crippen LogP contribution in [-0.2, 0) is 12.6 Å². The lowest BCUT2D eigenvalue weighted by molar-refractivity contribution is -0.137. The maximum absolute atomic E-state index is 12.9. The fraction of sp³-hybridized carbons (Fsp3) is 0.143. The van der Waals surface area contributed by atoms with Crippen molar-refractivity contribution in [2.75, 3.05) is 11.1 Å². The Bertz CT molecular complexity index is 1170. The van der Waals surface area contributed by atoms with Crippen LogP contribution in [0.1, 0.15) is 37.5 Å². The van der Waals surface area contributed by atoms with Crippen LogP contribution in [0.3, 0.4) is 0 Å². The van der Waals surface area contributed by atoms with E-state index in [1.165, 1.54) is 24.3 Å². The van der Waals surface area contributed by atoms with Crippen LogP contribution in [0, 0.1) is 6.92 Å². The Kier molecular flexibility index (Phi) is 6.26. The van der Waals surface area contributed by atoms with Gasteiger partial charge in [-0.2, -0.15) is 13.2 Å². The molecule has 3 aromatic rings. The number of hydrogen-bond acceptors (Lipinski definition) is 5. The molecule has 3 rings (SSSR count). The Morgan fingerprint density at radius 2 is 1.87 bits per heavy atom. The molecule has 0 saturated heterocycles. The first kappa shape index (κ1) is 22.2. The monoisotopic (exact) mass is 448 g/mol. The van der Waals surface area contributed by atoms with Gasteiger partial charge in [0.15, 0.2) is 11.5 Å². The Morgan fingerprint density at radius 1 is 1.13 bits per heavy atom. The van der Waals surface area contributed by atoms with E-state index in [0.29, 0.717) is 11.3 Å². The van der Waals surface area contributed by atoms with Gasteiger partial charge in [-0.25, -0.2) is 9.97 Å². The number of carbonyl (C=O) groups excluding carboxylic acids is 2. The lowest BCUT2D eigenvalue weighted by Gasteiger charge is -2.12. The normalized spacial score (nSPS) is 11.3. The summed E-state index contributed by atoms with van der Waals surface area (Å²) in [6.07, 6.45) is -3.63. The van der Waals surface area contributed by atoms with Crippen LogP contribution in [0.4, 0.5) is 24.7 Å². The molecule has 6 nitrogen and oxygen atoms in total. The van der Waals surface area contributed by atoms with Crippen LogP contribution in [0.25, 0.3) is 0 Å². The highest BCUT2D eigenvalue weighted by Gasteiger charge is 2.30. The SMILES string of the molecule is Cc1ccc(C(=O)Cc2cccc(C(F)(F)F)c2)cc1NC(=O)c1ncnc(N)c1Cl. The number of nitrogens with two attached hydrogens (primary N) is 1. The number of aryl methyl sites for hydroxylation is 1. The summed E-state index contributed by atoms with van der Waals surface area (Å²) in [6.45, 7) is 1.71. The molecule has 31 heavy (non-hydrogen) atoms. The average molecular weight is 449 g/mol. The summed E-state index contributed by atoms with van der Waals surface area (Å²) in [5.74, 6) is -1.10. The van der Waals surface area contributed by atoms with Gasteiger partial charge in [-0.1, -0.05) is 41.9 Å². The highest BCUT2D eigenvalue weighted by Crippen LogP contribution is 2.30. The van der Waals surface area contributed by atoms with Gasteiger partial charge in [0.2, 0.25) is 0 Å². The van der Waals surface area contributed by atoms with Crippen LogP contribution < -0.4 is 11.1 Å². The molecule has 1 amide bonds. The van der Waals surface area contributed by atoms with Crippen molar-refractivity contribution in [3.63, 3.8) is 0 Å². The number of nitrogens with one attached hydrogen (secondary N) is 1. The third-order valence-corrected chi connectivity index (χ3v) is 4.83. The molecule has 160 valence electrons. The second-order valence-corrected chi connectivity index (χ2v) is 7.08. The summed E-state index contributed by atoms with van der Waals surface area (Å²) in [6, 6.07) is 9.19. The Labute approximate surface area is 180 Å². The van der Waals surface area contributed by atoms with Crippen molar-refractivity contribution in [2.45, 2.75) is 19.5 Å². The fourth-order valence-electron chi connectivity index (χ4n) is 2.80. The van der Waals surface area contributed by atoms with Crippen LogP contribution in [0.15, 0.2) is 48.8 Å². The van der Waals surface area contributed by atoms with E-state index in [1.54, 1.807) is 13.0 Å². The zero-order chi connectivity index (χ0) is 22.8.